The molecular formula is C15H22N2O3. The molecule has 110 valence electrons. The Kier molecular flexibility index (Phi) is 5.38. The fourth-order valence-electron chi connectivity index (χ4n) is 2.17. The highest BCUT2D eigenvalue weighted by molar-refractivity contribution is 5.93. The van der Waals surface area contributed by atoms with Gasteiger partial charge in [-0.15, -0.1) is 0 Å². The average molecular weight is 278 g/mol. The summed E-state index contributed by atoms with van der Waals surface area (Å²) >= 11 is 0. The highest BCUT2D eigenvalue weighted by Crippen LogP contribution is 2.26. The number of hydrogen-bond acceptors (Lipinski definition) is 4. The van der Waals surface area contributed by atoms with E-state index in [1.807, 2.05) is 25.1 Å². The molecular weight excluding hydrogens is 256 g/mol. The first kappa shape index (κ1) is 14.8. The number of benzene rings is 1. The van der Waals surface area contributed by atoms with E-state index < -0.39 is 0 Å². The maximum absolute atomic E-state index is 11.7. The first-order valence-corrected chi connectivity index (χ1v) is 6.98. The van der Waals surface area contributed by atoms with Crippen LogP contribution in [0.3, 0.4) is 0 Å². The number of likely N-dealkylation sites (N-methyl/N-ethyl adjacent to an activating group) is 1. The van der Waals surface area contributed by atoms with Gasteiger partial charge in [0.2, 0.25) is 5.91 Å². The molecule has 0 bridgehead atoms. The molecule has 1 amide bonds. The van der Waals surface area contributed by atoms with Gasteiger partial charge >= 0.3 is 0 Å². The van der Waals surface area contributed by atoms with E-state index in [0.717, 1.165) is 25.0 Å². The monoisotopic (exact) mass is 278 g/mol. The van der Waals surface area contributed by atoms with E-state index in [0.29, 0.717) is 18.0 Å². The second-order valence-electron chi connectivity index (χ2n) is 5.02. The Labute approximate surface area is 119 Å². The summed E-state index contributed by atoms with van der Waals surface area (Å²) in [5, 5.41) is 5.67. The van der Waals surface area contributed by atoms with E-state index in [4.69, 9.17) is 9.47 Å². The molecule has 0 saturated carbocycles. The van der Waals surface area contributed by atoms with Crippen LogP contribution in [-0.2, 0) is 9.53 Å². The fraction of sp³-hybridized carbons (Fsp3) is 0.533. The second-order valence-corrected chi connectivity index (χ2v) is 5.02. The van der Waals surface area contributed by atoms with Crippen molar-refractivity contribution in [2.75, 3.05) is 32.1 Å². The molecule has 0 spiro atoms. The Hall–Kier alpha value is -1.59. The van der Waals surface area contributed by atoms with Crippen molar-refractivity contribution in [1.29, 1.82) is 0 Å². The van der Waals surface area contributed by atoms with Crippen molar-refractivity contribution in [3.8, 4) is 5.75 Å². The Morgan fingerprint density at radius 1 is 1.50 bits per heavy atom. The molecule has 1 aromatic carbocycles. The zero-order valence-corrected chi connectivity index (χ0v) is 12.1. The summed E-state index contributed by atoms with van der Waals surface area (Å²) in [6.45, 7) is 3.61. The lowest BCUT2D eigenvalue weighted by Gasteiger charge is -2.16. The van der Waals surface area contributed by atoms with E-state index in [-0.39, 0.29) is 18.6 Å². The van der Waals surface area contributed by atoms with Gasteiger partial charge in [0.25, 0.3) is 0 Å². The van der Waals surface area contributed by atoms with Gasteiger partial charge < -0.3 is 20.1 Å². The van der Waals surface area contributed by atoms with Crippen LogP contribution in [0.4, 0.5) is 5.69 Å². The Morgan fingerprint density at radius 2 is 2.35 bits per heavy atom. The number of carbonyl (C=O) groups is 1. The van der Waals surface area contributed by atoms with Crippen LogP contribution in [0, 0.1) is 6.92 Å². The summed E-state index contributed by atoms with van der Waals surface area (Å²) < 4.78 is 11.4. The molecule has 1 aliphatic heterocycles. The Bertz CT molecular complexity index is 456. The summed E-state index contributed by atoms with van der Waals surface area (Å²) in [7, 11) is 1.74. The molecule has 1 fully saturated rings. The third kappa shape index (κ3) is 4.21. The van der Waals surface area contributed by atoms with Crippen LogP contribution < -0.4 is 15.4 Å². The zero-order valence-electron chi connectivity index (χ0n) is 12.1. The highest BCUT2D eigenvalue weighted by Gasteiger charge is 2.17. The smallest absolute Gasteiger partial charge is 0.238 e. The number of aryl methyl sites for hydroxylation is 1. The van der Waals surface area contributed by atoms with Gasteiger partial charge in [-0.25, -0.2) is 0 Å². The number of nitrogens with one attached hydrogen (secondary N) is 2. The molecule has 2 N–H and O–H groups in total. The quantitative estimate of drug-likeness (QED) is 0.831. The summed E-state index contributed by atoms with van der Waals surface area (Å²) in [5.41, 5.74) is 1.80. The number of rotatable bonds is 6. The van der Waals surface area contributed by atoms with Crippen molar-refractivity contribution in [2.45, 2.75) is 25.9 Å². The SMILES string of the molecule is CNCC(=O)Nc1ccc(C)cc1OCC1CCCO1. The third-order valence-corrected chi connectivity index (χ3v) is 3.20. The van der Waals surface area contributed by atoms with Crippen molar-refractivity contribution in [1.82, 2.24) is 5.32 Å². The summed E-state index contributed by atoms with van der Waals surface area (Å²) in [6.07, 6.45) is 2.29. The molecule has 0 radical (unpaired) electrons. The van der Waals surface area contributed by atoms with Crippen molar-refractivity contribution in [2.24, 2.45) is 0 Å². The van der Waals surface area contributed by atoms with Gasteiger partial charge in [0.1, 0.15) is 12.4 Å². The van der Waals surface area contributed by atoms with Gasteiger partial charge in [-0.05, 0) is 44.5 Å². The topological polar surface area (TPSA) is 59.6 Å². The van der Waals surface area contributed by atoms with Crippen LogP contribution in [0.1, 0.15) is 18.4 Å². The molecule has 1 aliphatic rings. The van der Waals surface area contributed by atoms with Crippen LogP contribution in [-0.4, -0.2) is 38.8 Å². The van der Waals surface area contributed by atoms with E-state index in [9.17, 15) is 4.79 Å². The lowest BCUT2D eigenvalue weighted by atomic mass is 10.2. The number of amides is 1. The van der Waals surface area contributed by atoms with Crippen LogP contribution in [0.15, 0.2) is 18.2 Å². The number of anilines is 1. The van der Waals surface area contributed by atoms with Crippen molar-refractivity contribution in [3.05, 3.63) is 23.8 Å². The van der Waals surface area contributed by atoms with E-state index in [2.05, 4.69) is 10.6 Å². The molecule has 1 aromatic rings. The molecule has 0 aliphatic carbocycles. The first-order chi connectivity index (χ1) is 9.69. The van der Waals surface area contributed by atoms with E-state index in [1.54, 1.807) is 7.05 Å². The molecule has 5 nitrogen and oxygen atoms in total. The predicted octanol–water partition coefficient (Wildman–Crippen LogP) is 1.71. The Balaban J connectivity index is 2.00. The molecule has 1 atom stereocenters. The van der Waals surface area contributed by atoms with Gasteiger partial charge in [0, 0.05) is 6.61 Å². The molecule has 1 unspecified atom stereocenters. The molecule has 1 saturated heterocycles. The van der Waals surface area contributed by atoms with Crippen LogP contribution >= 0.6 is 0 Å². The molecule has 5 heteroatoms. The fourth-order valence-corrected chi connectivity index (χ4v) is 2.17. The predicted molar refractivity (Wildman–Crippen MR) is 78.2 cm³/mol. The minimum Gasteiger partial charge on any atom is -0.489 e. The largest absolute Gasteiger partial charge is 0.489 e. The number of ether oxygens (including phenoxy) is 2. The number of hydrogen-bond donors (Lipinski definition) is 2. The normalized spacial score (nSPS) is 18.0. The maximum atomic E-state index is 11.7. The van der Waals surface area contributed by atoms with E-state index >= 15 is 0 Å². The lowest BCUT2D eigenvalue weighted by molar-refractivity contribution is -0.115. The maximum Gasteiger partial charge on any atom is 0.238 e. The zero-order chi connectivity index (χ0) is 14.4. The molecule has 1 heterocycles. The number of carbonyl (C=O) groups excluding carboxylic acids is 1. The second kappa shape index (κ2) is 7.26. The van der Waals surface area contributed by atoms with Crippen LogP contribution in [0.2, 0.25) is 0 Å². The summed E-state index contributed by atoms with van der Waals surface area (Å²) in [4.78, 5) is 11.7. The Morgan fingerprint density at radius 3 is 3.05 bits per heavy atom. The van der Waals surface area contributed by atoms with Gasteiger partial charge in [0.15, 0.2) is 0 Å². The van der Waals surface area contributed by atoms with Gasteiger partial charge in [-0.1, -0.05) is 6.07 Å². The highest BCUT2D eigenvalue weighted by atomic mass is 16.5. The van der Waals surface area contributed by atoms with Crippen molar-refractivity contribution >= 4 is 11.6 Å². The van der Waals surface area contributed by atoms with Gasteiger partial charge in [0.05, 0.1) is 18.3 Å². The van der Waals surface area contributed by atoms with Gasteiger partial charge in [-0.3, -0.25) is 4.79 Å². The summed E-state index contributed by atoms with van der Waals surface area (Å²) in [6, 6.07) is 5.76. The lowest BCUT2D eigenvalue weighted by Crippen LogP contribution is -2.25. The van der Waals surface area contributed by atoms with Crippen LogP contribution in [0.25, 0.3) is 0 Å². The molecule has 20 heavy (non-hydrogen) atoms. The standard InChI is InChI=1S/C15H22N2O3/c1-11-5-6-13(17-15(18)9-16-2)14(8-11)20-10-12-4-3-7-19-12/h5-6,8,12,16H,3-4,7,9-10H2,1-2H3,(H,17,18). The van der Waals surface area contributed by atoms with Crippen LogP contribution in [0.5, 0.6) is 5.75 Å². The summed E-state index contributed by atoms with van der Waals surface area (Å²) in [5.74, 6) is 0.614. The third-order valence-electron chi connectivity index (χ3n) is 3.20. The minimum atomic E-state index is -0.0849. The molecule has 0 aromatic heterocycles. The average Bonchev–Trinajstić information content (AvgIpc) is 2.92. The van der Waals surface area contributed by atoms with Gasteiger partial charge in [-0.2, -0.15) is 0 Å². The first-order valence-electron chi connectivity index (χ1n) is 6.98. The van der Waals surface area contributed by atoms with E-state index in [1.165, 1.54) is 0 Å². The van der Waals surface area contributed by atoms with Crippen molar-refractivity contribution < 1.29 is 14.3 Å². The van der Waals surface area contributed by atoms with Crippen molar-refractivity contribution in [3.63, 3.8) is 0 Å². The molecule has 2 rings (SSSR count). The minimum absolute atomic E-state index is 0.0849.